The van der Waals surface area contributed by atoms with Crippen molar-refractivity contribution in [2.24, 2.45) is 59.2 Å². The van der Waals surface area contributed by atoms with Gasteiger partial charge < -0.3 is 9.47 Å². The van der Waals surface area contributed by atoms with Crippen LogP contribution in [0.1, 0.15) is 26.7 Å². The van der Waals surface area contributed by atoms with Gasteiger partial charge in [-0.05, 0) is 66.1 Å². The zero-order valence-electron chi connectivity index (χ0n) is 12.3. The first kappa shape index (κ1) is 11.5. The van der Waals surface area contributed by atoms with E-state index in [1.165, 1.54) is 12.8 Å². The second-order valence-corrected chi connectivity index (χ2v) is 8.73. The van der Waals surface area contributed by atoms with Gasteiger partial charge in [-0.15, -0.1) is 0 Å². The Morgan fingerprint density at radius 1 is 0.762 bits per heavy atom. The highest BCUT2D eigenvalue weighted by Crippen LogP contribution is 2.85. The summed E-state index contributed by atoms with van der Waals surface area (Å²) in [5.74, 6) is 4.14. The van der Waals surface area contributed by atoms with E-state index in [2.05, 4.69) is 0 Å². The Morgan fingerprint density at radius 2 is 1.24 bits per heavy atom. The van der Waals surface area contributed by atoms with Crippen LogP contribution in [0.2, 0.25) is 0 Å². The Labute approximate surface area is 123 Å². The molecule has 0 spiro atoms. The average molecular weight is 288 g/mol. The lowest BCUT2D eigenvalue weighted by molar-refractivity contribution is -0.246. The number of hydrogen-bond acceptors (Lipinski definition) is 4. The molecule has 6 rings (SSSR count). The van der Waals surface area contributed by atoms with Crippen molar-refractivity contribution in [2.45, 2.75) is 32.5 Å². The zero-order chi connectivity index (χ0) is 14.3. The number of ether oxygens (including phenoxy) is 2. The van der Waals surface area contributed by atoms with Crippen LogP contribution in [0.25, 0.3) is 0 Å². The maximum Gasteiger partial charge on any atom is 0.323 e. The molecule has 0 aromatic carbocycles. The molecule has 6 aliphatic rings. The molecule has 0 aromatic heterocycles. The fourth-order valence-corrected chi connectivity index (χ4v) is 8.04. The lowest BCUT2D eigenvalue weighted by Crippen LogP contribution is -2.54. The largest absolute Gasteiger partial charge is 0.422 e. The molecule has 0 radical (unpaired) electrons. The highest BCUT2D eigenvalue weighted by atomic mass is 16.7. The summed E-state index contributed by atoms with van der Waals surface area (Å²) in [6.07, 6.45) is 2.74. The minimum Gasteiger partial charge on any atom is -0.422 e. The SMILES string of the molecule is CC1(C)OC(=O)C(C2C3C4CC5C6C4CC3C6C52)C(=O)O1. The quantitative estimate of drug-likeness (QED) is 0.545. The van der Waals surface area contributed by atoms with Crippen LogP contribution >= 0.6 is 0 Å². The van der Waals surface area contributed by atoms with E-state index < -0.39 is 11.7 Å². The number of hydrogen-bond donors (Lipinski definition) is 0. The topological polar surface area (TPSA) is 52.6 Å². The van der Waals surface area contributed by atoms with Gasteiger partial charge >= 0.3 is 11.9 Å². The van der Waals surface area contributed by atoms with Crippen molar-refractivity contribution in [3.63, 3.8) is 0 Å². The van der Waals surface area contributed by atoms with E-state index in [9.17, 15) is 9.59 Å². The number of esters is 2. The fourth-order valence-electron chi connectivity index (χ4n) is 8.04. The van der Waals surface area contributed by atoms with Crippen LogP contribution in [-0.2, 0) is 19.1 Å². The fraction of sp³-hybridized carbons (Fsp3) is 0.882. The highest BCUT2D eigenvalue weighted by Gasteiger charge is 2.82. The Hall–Kier alpha value is -1.06. The number of carbonyl (C=O) groups excluding carboxylic acids is 2. The molecule has 2 bridgehead atoms. The van der Waals surface area contributed by atoms with Crippen molar-refractivity contribution in [3.05, 3.63) is 0 Å². The van der Waals surface area contributed by atoms with Gasteiger partial charge in [0, 0.05) is 13.8 Å². The van der Waals surface area contributed by atoms with E-state index in [0.717, 1.165) is 35.5 Å². The Kier molecular flexibility index (Phi) is 1.65. The number of cyclic esters (lactones) is 2. The molecule has 1 aliphatic heterocycles. The lowest BCUT2D eigenvalue weighted by atomic mass is 9.55. The number of rotatable bonds is 1. The predicted octanol–water partition coefficient (Wildman–Crippen LogP) is 1.83. The van der Waals surface area contributed by atoms with Gasteiger partial charge in [0.2, 0.25) is 0 Å². The molecule has 1 heterocycles. The molecular formula is C17H20O4. The van der Waals surface area contributed by atoms with E-state index in [1.807, 2.05) is 0 Å². The minimum absolute atomic E-state index is 0.226. The van der Waals surface area contributed by atoms with E-state index >= 15 is 0 Å². The summed E-state index contributed by atoms with van der Waals surface area (Å²) in [7, 11) is 0. The van der Waals surface area contributed by atoms with Gasteiger partial charge in [-0.3, -0.25) is 9.59 Å². The van der Waals surface area contributed by atoms with Gasteiger partial charge in [-0.2, -0.15) is 0 Å². The van der Waals surface area contributed by atoms with Gasteiger partial charge in [0.25, 0.3) is 5.79 Å². The number of fused-ring (bicyclic) bond motifs is 2. The smallest absolute Gasteiger partial charge is 0.323 e. The van der Waals surface area contributed by atoms with E-state index in [0.29, 0.717) is 11.8 Å². The maximum absolute atomic E-state index is 12.5. The lowest BCUT2D eigenvalue weighted by Gasteiger charge is -2.49. The molecule has 5 aliphatic carbocycles. The van der Waals surface area contributed by atoms with E-state index in [-0.39, 0.29) is 17.9 Å². The van der Waals surface area contributed by atoms with Crippen molar-refractivity contribution in [3.8, 4) is 0 Å². The van der Waals surface area contributed by atoms with Crippen LogP contribution in [0.4, 0.5) is 0 Å². The van der Waals surface area contributed by atoms with Gasteiger partial charge in [-0.25, -0.2) is 0 Å². The van der Waals surface area contributed by atoms with Gasteiger partial charge in [0.05, 0.1) is 0 Å². The predicted molar refractivity (Wildman–Crippen MR) is 70.4 cm³/mol. The van der Waals surface area contributed by atoms with Gasteiger partial charge in [0.15, 0.2) is 5.92 Å². The van der Waals surface area contributed by atoms with Crippen LogP contribution in [0, 0.1) is 59.2 Å². The summed E-state index contributed by atoms with van der Waals surface area (Å²) >= 11 is 0. The molecule has 6 fully saturated rings. The summed E-state index contributed by atoms with van der Waals surface area (Å²) in [6, 6.07) is 0. The third-order valence-corrected chi connectivity index (χ3v) is 7.97. The standard InChI is InChI=1S/C17H20O4/c1-17(2)20-15(18)14(16(19)21-17)13-10-6-4-7-9-5(6)3-8(10)11(9)12(7)13/h5-14H,3-4H2,1-2H3. The van der Waals surface area contributed by atoms with Crippen LogP contribution in [0.5, 0.6) is 0 Å². The summed E-state index contributed by atoms with van der Waals surface area (Å²) < 4.78 is 10.8. The minimum atomic E-state index is -1.09. The van der Waals surface area contributed by atoms with Crippen LogP contribution < -0.4 is 0 Å². The molecular weight excluding hydrogens is 268 g/mol. The zero-order valence-corrected chi connectivity index (χ0v) is 12.3. The first-order valence-electron chi connectivity index (χ1n) is 8.44. The molecule has 21 heavy (non-hydrogen) atoms. The molecule has 0 amide bonds. The Balaban J connectivity index is 1.41. The van der Waals surface area contributed by atoms with Gasteiger partial charge in [-0.1, -0.05) is 0 Å². The molecule has 9 atom stereocenters. The van der Waals surface area contributed by atoms with E-state index in [1.54, 1.807) is 13.8 Å². The normalized spacial score (nSPS) is 61.1. The summed E-state index contributed by atoms with van der Waals surface area (Å²) in [5, 5.41) is 0. The summed E-state index contributed by atoms with van der Waals surface area (Å²) in [4.78, 5) is 25.0. The molecule has 0 N–H and O–H groups in total. The number of carbonyl (C=O) groups is 2. The molecule has 5 saturated carbocycles. The molecule has 0 aromatic rings. The first-order chi connectivity index (χ1) is 9.98. The van der Waals surface area contributed by atoms with Crippen molar-refractivity contribution in [1.82, 2.24) is 0 Å². The third kappa shape index (κ3) is 1.02. The van der Waals surface area contributed by atoms with Gasteiger partial charge in [0.1, 0.15) is 0 Å². The summed E-state index contributed by atoms with van der Waals surface area (Å²) in [6.45, 7) is 3.28. The molecule has 4 heteroatoms. The van der Waals surface area contributed by atoms with Crippen LogP contribution in [0.3, 0.4) is 0 Å². The van der Waals surface area contributed by atoms with Crippen LogP contribution in [-0.4, -0.2) is 17.7 Å². The monoisotopic (exact) mass is 288 g/mol. The second kappa shape index (κ2) is 3.02. The summed E-state index contributed by atoms with van der Waals surface area (Å²) in [5.41, 5.74) is 0. The molecule has 4 nitrogen and oxygen atoms in total. The van der Waals surface area contributed by atoms with Crippen molar-refractivity contribution in [1.29, 1.82) is 0 Å². The molecule has 9 unspecified atom stereocenters. The van der Waals surface area contributed by atoms with Crippen LogP contribution in [0.15, 0.2) is 0 Å². The molecule has 112 valence electrons. The van der Waals surface area contributed by atoms with Crippen molar-refractivity contribution in [2.75, 3.05) is 0 Å². The third-order valence-electron chi connectivity index (χ3n) is 7.97. The maximum atomic E-state index is 12.5. The Bertz CT molecular complexity index is 570. The average Bonchev–Trinajstić information content (AvgIpc) is 2.85. The Morgan fingerprint density at radius 3 is 1.81 bits per heavy atom. The first-order valence-corrected chi connectivity index (χ1v) is 8.44. The molecule has 1 saturated heterocycles. The van der Waals surface area contributed by atoms with E-state index in [4.69, 9.17) is 9.47 Å². The van der Waals surface area contributed by atoms with Crippen molar-refractivity contribution >= 4 is 11.9 Å². The second-order valence-electron chi connectivity index (χ2n) is 8.73. The highest BCUT2D eigenvalue weighted by molar-refractivity contribution is 5.97. The van der Waals surface area contributed by atoms with Crippen molar-refractivity contribution < 1.29 is 19.1 Å².